The highest BCUT2D eigenvalue weighted by molar-refractivity contribution is 9.10. The fourth-order valence-electron chi connectivity index (χ4n) is 0.721. The molecule has 1 rings (SSSR count). The summed E-state index contributed by atoms with van der Waals surface area (Å²) in [5, 5.41) is 0. The third kappa shape index (κ3) is 2.13. The summed E-state index contributed by atoms with van der Waals surface area (Å²) < 4.78 is 0.817. The summed E-state index contributed by atoms with van der Waals surface area (Å²) in [5.74, 6) is 0. The van der Waals surface area contributed by atoms with Crippen molar-refractivity contribution < 1.29 is 0 Å². The van der Waals surface area contributed by atoms with E-state index in [1.54, 1.807) is 12.3 Å². The van der Waals surface area contributed by atoms with Crippen LogP contribution in [0.2, 0.25) is 0 Å². The smallest absolute Gasteiger partial charge is 0.106 e. The average molecular weight is 213 g/mol. The van der Waals surface area contributed by atoms with Crippen molar-refractivity contribution in [1.82, 2.24) is 4.98 Å². The van der Waals surface area contributed by atoms with Gasteiger partial charge in [-0.15, -0.1) is 6.58 Å². The third-order valence-corrected chi connectivity index (χ3v) is 1.86. The number of nitrogens with two attached hydrogens (primary N) is 1. The van der Waals surface area contributed by atoms with Crippen molar-refractivity contribution >= 4 is 15.9 Å². The molecular formula is C8H9BrN2. The predicted molar refractivity (Wildman–Crippen MR) is 49.1 cm³/mol. The molecule has 2 N–H and O–H groups in total. The Morgan fingerprint density at radius 2 is 2.36 bits per heavy atom. The molecule has 0 aromatic carbocycles. The Kier molecular flexibility index (Phi) is 2.79. The van der Waals surface area contributed by atoms with Gasteiger partial charge in [-0.2, -0.15) is 0 Å². The van der Waals surface area contributed by atoms with Gasteiger partial charge >= 0.3 is 0 Å². The largest absolute Gasteiger partial charge is 0.321 e. The van der Waals surface area contributed by atoms with Crippen LogP contribution in [0.15, 0.2) is 35.6 Å². The second kappa shape index (κ2) is 3.64. The van der Waals surface area contributed by atoms with Gasteiger partial charge < -0.3 is 5.73 Å². The summed E-state index contributed by atoms with van der Waals surface area (Å²) in [5.41, 5.74) is 6.65. The molecule has 0 aliphatic carbocycles. The molecule has 0 unspecified atom stereocenters. The molecule has 0 saturated heterocycles. The fourth-order valence-corrected chi connectivity index (χ4v) is 0.955. The van der Waals surface area contributed by atoms with E-state index in [0.29, 0.717) is 0 Å². The molecule has 11 heavy (non-hydrogen) atoms. The number of aromatic nitrogens is 1. The Morgan fingerprint density at radius 3 is 2.82 bits per heavy atom. The quantitative estimate of drug-likeness (QED) is 0.603. The summed E-state index contributed by atoms with van der Waals surface area (Å²) in [6.45, 7) is 3.59. The Balaban J connectivity index is 2.89. The molecule has 0 radical (unpaired) electrons. The lowest BCUT2D eigenvalue weighted by Crippen LogP contribution is -2.06. The first-order valence-electron chi connectivity index (χ1n) is 3.23. The van der Waals surface area contributed by atoms with Gasteiger partial charge in [-0.25, -0.2) is 4.98 Å². The van der Waals surface area contributed by atoms with E-state index in [0.717, 1.165) is 10.2 Å². The van der Waals surface area contributed by atoms with Crippen molar-refractivity contribution in [1.29, 1.82) is 0 Å². The van der Waals surface area contributed by atoms with Gasteiger partial charge in [0, 0.05) is 12.2 Å². The lowest BCUT2D eigenvalue weighted by molar-refractivity contribution is 0.902. The van der Waals surface area contributed by atoms with E-state index in [9.17, 15) is 0 Å². The van der Waals surface area contributed by atoms with E-state index in [2.05, 4.69) is 27.5 Å². The van der Waals surface area contributed by atoms with Crippen LogP contribution in [0.5, 0.6) is 0 Å². The van der Waals surface area contributed by atoms with Gasteiger partial charge in [0.05, 0.1) is 0 Å². The summed E-state index contributed by atoms with van der Waals surface area (Å²) in [7, 11) is 0. The van der Waals surface area contributed by atoms with Crippen LogP contribution in [0.25, 0.3) is 0 Å². The van der Waals surface area contributed by atoms with Crippen molar-refractivity contribution in [3.63, 3.8) is 0 Å². The van der Waals surface area contributed by atoms with Gasteiger partial charge in [0.25, 0.3) is 0 Å². The topological polar surface area (TPSA) is 38.9 Å². The second-order valence-electron chi connectivity index (χ2n) is 2.18. The molecule has 58 valence electrons. The minimum Gasteiger partial charge on any atom is -0.321 e. The van der Waals surface area contributed by atoms with Crippen molar-refractivity contribution in [2.24, 2.45) is 5.73 Å². The molecule has 2 nitrogen and oxygen atoms in total. The molecule has 0 aliphatic heterocycles. The zero-order valence-corrected chi connectivity index (χ0v) is 7.58. The summed E-state index contributed by atoms with van der Waals surface area (Å²) in [6, 6.07) is 3.66. The maximum Gasteiger partial charge on any atom is 0.106 e. The molecule has 1 atom stereocenters. The van der Waals surface area contributed by atoms with Gasteiger partial charge in [-0.05, 0) is 27.6 Å². The van der Waals surface area contributed by atoms with Gasteiger partial charge in [0.15, 0.2) is 0 Å². The van der Waals surface area contributed by atoms with E-state index in [-0.39, 0.29) is 6.04 Å². The van der Waals surface area contributed by atoms with E-state index in [1.807, 2.05) is 12.1 Å². The zero-order chi connectivity index (χ0) is 8.27. The lowest BCUT2D eigenvalue weighted by atomic mass is 10.1. The standard InChI is InChI=1S/C8H9BrN2/c1-2-7(10)6-3-4-8(9)11-5-6/h2-5,7H,1,10H2/t7-/m1/s1. The maximum absolute atomic E-state index is 5.67. The second-order valence-corrected chi connectivity index (χ2v) is 2.99. The van der Waals surface area contributed by atoms with Crippen LogP contribution in [-0.4, -0.2) is 4.98 Å². The highest BCUT2D eigenvalue weighted by Gasteiger charge is 1.99. The van der Waals surface area contributed by atoms with E-state index < -0.39 is 0 Å². The van der Waals surface area contributed by atoms with Crippen LogP contribution >= 0.6 is 15.9 Å². The zero-order valence-electron chi connectivity index (χ0n) is 6.00. The number of nitrogens with zero attached hydrogens (tertiary/aromatic N) is 1. The van der Waals surface area contributed by atoms with Crippen molar-refractivity contribution in [2.45, 2.75) is 6.04 Å². The van der Waals surface area contributed by atoms with Crippen molar-refractivity contribution in [3.8, 4) is 0 Å². The highest BCUT2D eigenvalue weighted by Crippen LogP contribution is 2.12. The Hall–Kier alpha value is -0.670. The van der Waals surface area contributed by atoms with Crippen LogP contribution < -0.4 is 5.73 Å². The molecule has 0 bridgehead atoms. The van der Waals surface area contributed by atoms with Gasteiger partial charge in [-0.3, -0.25) is 0 Å². The van der Waals surface area contributed by atoms with Crippen LogP contribution in [0, 0.1) is 0 Å². The van der Waals surface area contributed by atoms with Gasteiger partial charge in [0.2, 0.25) is 0 Å². The lowest BCUT2D eigenvalue weighted by Gasteiger charge is -2.04. The molecule has 3 heteroatoms. The monoisotopic (exact) mass is 212 g/mol. The molecular weight excluding hydrogens is 204 g/mol. The average Bonchev–Trinajstić information content (AvgIpc) is 2.05. The first-order chi connectivity index (χ1) is 5.24. The molecule has 0 fully saturated rings. The molecule has 0 amide bonds. The molecule has 1 aromatic rings. The number of rotatable bonds is 2. The molecule has 0 aliphatic rings. The van der Waals surface area contributed by atoms with Crippen LogP contribution in [-0.2, 0) is 0 Å². The van der Waals surface area contributed by atoms with Crippen molar-refractivity contribution in [3.05, 3.63) is 41.2 Å². The Morgan fingerprint density at radius 1 is 1.64 bits per heavy atom. The van der Waals surface area contributed by atoms with Crippen molar-refractivity contribution in [2.75, 3.05) is 0 Å². The van der Waals surface area contributed by atoms with Gasteiger partial charge in [-0.1, -0.05) is 12.1 Å². The minimum absolute atomic E-state index is 0.115. The molecule has 1 aromatic heterocycles. The summed E-state index contributed by atoms with van der Waals surface area (Å²) in [6.07, 6.45) is 3.42. The third-order valence-electron chi connectivity index (χ3n) is 1.39. The SMILES string of the molecule is C=C[C@@H](N)c1ccc(Br)nc1. The molecule has 1 heterocycles. The van der Waals surface area contributed by atoms with Crippen LogP contribution in [0.3, 0.4) is 0 Å². The van der Waals surface area contributed by atoms with E-state index in [1.165, 1.54) is 0 Å². The number of hydrogen-bond donors (Lipinski definition) is 1. The fraction of sp³-hybridized carbons (Fsp3) is 0.125. The normalized spacial score (nSPS) is 12.5. The number of halogens is 1. The number of pyridine rings is 1. The Labute approximate surface area is 74.3 Å². The minimum atomic E-state index is -0.115. The van der Waals surface area contributed by atoms with E-state index in [4.69, 9.17) is 5.73 Å². The maximum atomic E-state index is 5.67. The van der Waals surface area contributed by atoms with Gasteiger partial charge in [0.1, 0.15) is 4.60 Å². The van der Waals surface area contributed by atoms with E-state index >= 15 is 0 Å². The highest BCUT2D eigenvalue weighted by atomic mass is 79.9. The molecule has 0 saturated carbocycles. The summed E-state index contributed by atoms with van der Waals surface area (Å²) >= 11 is 3.24. The Bertz CT molecular complexity index is 243. The van der Waals surface area contributed by atoms with Crippen LogP contribution in [0.1, 0.15) is 11.6 Å². The number of hydrogen-bond acceptors (Lipinski definition) is 2. The first-order valence-corrected chi connectivity index (χ1v) is 4.03. The summed E-state index contributed by atoms with van der Waals surface area (Å²) in [4.78, 5) is 4.04. The van der Waals surface area contributed by atoms with Crippen LogP contribution in [0.4, 0.5) is 0 Å². The first kappa shape index (κ1) is 8.43. The predicted octanol–water partition coefficient (Wildman–Crippen LogP) is 2.03. The molecule has 0 spiro atoms.